The summed E-state index contributed by atoms with van der Waals surface area (Å²) in [5.74, 6) is 5.84. The maximum atomic E-state index is 12.2. The Balaban J connectivity index is 2.81. The van der Waals surface area contributed by atoms with Crippen molar-refractivity contribution in [2.45, 2.75) is 44.7 Å². The molecule has 1 aromatic heterocycles. The minimum Gasteiger partial charge on any atom is -0.321 e. The molecule has 0 aliphatic rings. The molecular formula is C12H22N4O2S. The van der Waals surface area contributed by atoms with E-state index in [4.69, 9.17) is 5.84 Å². The van der Waals surface area contributed by atoms with Crippen molar-refractivity contribution in [3.05, 3.63) is 18.3 Å². The lowest BCUT2D eigenvalue weighted by Gasteiger charge is -2.16. The smallest absolute Gasteiger partial charge is 0.260 e. The normalized spacial score (nSPS) is 13.5. The van der Waals surface area contributed by atoms with Crippen molar-refractivity contribution in [2.24, 2.45) is 11.8 Å². The number of nitrogens with one attached hydrogen (secondary N) is 2. The zero-order chi connectivity index (χ0) is 14.5. The molecule has 108 valence electrons. The molecule has 0 aliphatic carbocycles. The third-order valence-corrected chi connectivity index (χ3v) is 4.26. The molecule has 0 radical (unpaired) electrons. The summed E-state index contributed by atoms with van der Waals surface area (Å²) >= 11 is 0. The fourth-order valence-electron chi connectivity index (χ4n) is 1.68. The first-order valence-electron chi connectivity index (χ1n) is 6.30. The van der Waals surface area contributed by atoms with E-state index in [2.05, 4.69) is 29.0 Å². The van der Waals surface area contributed by atoms with Crippen LogP contribution in [0.25, 0.3) is 0 Å². The fraction of sp³-hybridized carbons (Fsp3) is 0.583. The van der Waals surface area contributed by atoms with Crippen molar-refractivity contribution in [3.8, 4) is 0 Å². The molecule has 6 nitrogen and oxygen atoms in total. The van der Waals surface area contributed by atoms with Crippen molar-refractivity contribution >= 4 is 15.7 Å². The summed E-state index contributed by atoms with van der Waals surface area (Å²) in [6, 6.07) is 3.05. The molecule has 19 heavy (non-hydrogen) atoms. The van der Waals surface area contributed by atoms with Gasteiger partial charge in [-0.2, -0.15) is 0 Å². The average Bonchev–Trinajstić information content (AvgIpc) is 2.35. The number of rotatable bonds is 7. The summed E-state index contributed by atoms with van der Waals surface area (Å²) in [7, 11) is -3.65. The zero-order valence-corrected chi connectivity index (χ0v) is 12.4. The highest BCUT2D eigenvalue weighted by molar-refractivity contribution is 7.89. The number of hydrogen-bond acceptors (Lipinski definition) is 5. The zero-order valence-electron chi connectivity index (χ0n) is 11.6. The van der Waals surface area contributed by atoms with Crippen LogP contribution in [0.2, 0.25) is 0 Å². The van der Waals surface area contributed by atoms with Gasteiger partial charge in [0.1, 0.15) is 0 Å². The SMILES string of the molecule is CC(C)CCC(C)NS(=O)(=O)c1ncccc1NN. The van der Waals surface area contributed by atoms with Gasteiger partial charge in [0.2, 0.25) is 0 Å². The van der Waals surface area contributed by atoms with Crippen LogP contribution in [0, 0.1) is 5.92 Å². The van der Waals surface area contributed by atoms with Crippen molar-refractivity contribution in [1.82, 2.24) is 9.71 Å². The lowest BCUT2D eigenvalue weighted by atomic mass is 10.1. The van der Waals surface area contributed by atoms with Crippen molar-refractivity contribution in [3.63, 3.8) is 0 Å². The van der Waals surface area contributed by atoms with Crippen LogP contribution in [0.15, 0.2) is 23.4 Å². The maximum Gasteiger partial charge on any atom is 0.260 e. The number of aromatic nitrogens is 1. The Morgan fingerprint density at radius 2 is 2.00 bits per heavy atom. The Morgan fingerprint density at radius 3 is 2.58 bits per heavy atom. The molecule has 7 heteroatoms. The van der Waals surface area contributed by atoms with Crippen LogP contribution in [-0.2, 0) is 10.0 Å². The third-order valence-electron chi connectivity index (χ3n) is 2.71. The van der Waals surface area contributed by atoms with E-state index in [0.29, 0.717) is 5.92 Å². The molecule has 1 aromatic rings. The van der Waals surface area contributed by atoms with Gasteiger partial charge in [0.15, 0.2) is 5.03 Å². The largest absolute Gasteiger partial charge is 0.321 e. The molecule has 0 aromatic carbocycles. The number of hydrogen-bond donors (Lipinski definition) is 3. The number of nitrogens with two attached hydrogens (primary N) is 1. The lowest BCUT2D eigenvalue weighted by Crippen LogP contribution is -2.34. The molecule has 4 N–H and O–H groups in total. The Hall–Kier alpha value is -1.18. The van der Waals surface area contributed by atoms with Crippen molar-refractivity contribution in [2.75, 3.05) is 5.43 Å². The van der Waals surface area contributed by atoms with Gasteiger partial charge in [-0.1, -0.05) is 13.8 Å². The molecule has 0 aliphatic heterocycles. The van der Waals surface area contributed by atoms with Crippen LogP contribution < -0.4 is 16.0 Å². The van der Waals surface area contributed by atoms with Gasteiger partial charge in [-0.15, -0.1) is 0 Å². The first kappa shape index (κ1) is 15.9. The first-order valence-corrected chi connectivity index (χ1v) is 7.79. The Morgan fingerprint density at radius 1 is 1.32 bits per heavy atom. The van der Waals surface area contributed by atoms with Crippen LogP contribution in [0.4, 0.5) is 5.69 Å². The van der Waals surface area contributed by atoms with Crippen LogP contribution >= 0.6 is 0 Å². The Bertz CT molecular complexity index is 502. The van der Waals surface area contributed by atoms with E-state index in [9.17, 15) is 8.42 Å². The number of pyridine rings is 1. The van der Waals surface area contributed by atoms with Crippen molar-refractivity contribution < 1.29 is 8.42 Å². The molecule has 0 fully saturated rings. The summed E-state index contributed by atoms with van der Waals surface area (Å²) in [6.07, 6.45) is 3.18. The van der Waals surface area contributed by atoms with E-state index < -0.39 is 10.0 Å². The summed E-state index contributed by atoms with van der Waals surface area (Å²) < 4.78 is 27.0. The van der Waals surface area contributed by atoms with Crippen molar-refractivity contribution in [1.29, 1.82) is 0 Å². The van der Waals surface area contributed by atoms with Crippen LogP contribution in [0.5, 0.6) is 0 Å². The van der Waals surface area contributed by atoms with E-state index in [1.54, 1.807) is 12.1 Å². The van der Waals surface area contributed by atoms with Gasteiger partial charge in [0, 0.05) is 12.2 Å². The standard InChI is InChI=1S/C12H22N4O2S/c1-9(2)6-7-10(3)16-19(17,18)12-11(15-13)5-4-8-14-12/h4-5,8-10,15-16H,6-7,13H2,1-3H3. The molecular weight excluding hydrogens is 264 g/mol. The molecule has 0 spiro atoms. The molecule has 0 bridgehead atoms. The monoisotopic (exact) mass is 286 g/mol. The topological polar surface area (TPSA) is 97.1 Å². The first-order chi connectivity index (χ1) is 8.86. The highest BCUT2D eigenvalue weighted by Gasteiger charge is 2.22. The molecule has 1 unspecified atom stereocenters. The average molecular weight is 286 g/mol. The minimum atomic E-state index is -3.65. The van der Waals surface area contributed by atoms with Gasteiger partial charge in [-0.05, 0) is 37.8 Å². The molecule has 0 amide bonds. The number of anilines is 1. The second-order valence-corrected chi connectivity index (χ2v) is 6.62. The number of hydrazine groups is 1. The van der Waals surface area contributed by atoms with Crippen LogP contribution in [-0.4, -0.2) is 19.4 Å². The Labute approximate surface area is 114 Å². The molecule has 0 saturated carbocycles. The Kier molecular flexibility index (Phi) is 5.71. The summed E-state index contributed by atoms with van der Waals surface area (Å²) in [6.45, 7) is 6.06. The predicted molar refractivity (Wildman–Crippen MR) is 75.9 cm³/mol. The van der Waals surface area contributed by atoms with Gasteiger partial charge < -0.3 is 5.43 Å². The van der Waals surface area contributed by atoms with E-state index in [1.807, 2.05) is 6.92 Å². The molecule has 1 heterocycles. The maximum absolute atomic E-state index is 12.2. The van der Waals surface area contributed by atoms with Gasteiger partial charge in [-0.25, -0.2) is 18.1 Å². The highest BCUT2D eigenvalue weighted by Crippen LogP contribution is 2.17. The summed E-state index contributed by atoms with van der Waals surface area (Å²) in [4.78, 5) is 3.88. The second-order valence-electron chi connectivity index (χ2n) is 4.99. The molecule has 0 saturated heterocycles. The molecule has 1 rings (SSSR count). The van der Waals surface area contributed by atoms with E-state index in [1.165, 1.54) is 6.20 Å². The predicted octanol–water partition coefficient (Wildman–Crippen LogP) is 1.47. The van der Waals surface area contributed by atoms with E-state index in [0.717, 1.165) is 12.8 Å². The highest BCUT2D eigenvalue weighted by atomic mass is 32.2. The third kappa shape index (κ3) is 4.77. The minimum absolute atomic E-state index is 0.0751. The quantitative estimate of drug-likeness (QED) is 0.521. The van der Waals surface area contributed by atoms with Crippen LogP contribution in [0.3, 0.4) is 0 Å². The lowest BCUT2D eigenvalue weighted by molar-refractivity contribution is 0.484. The second kappa shape index (κ2) is 6.83. The van der Waals surface area contributed by atoms with Gasteiger partial charge in [-0.3, -0.25) is 5.84 Å². The van der Waals surface area contributed by atoms with E-state index in [-0.39, 0.29) is 16.8 Å². The van der Waals surface area contributed by atoms with Gasteiger partial charge in [0.25, 0.3) is 10.0 Å². The molecule has 1 atom stereocenters. The number of sulfonamides is 1. The fourth-order valence-corrected chi connectivity index (χ4v) is 3.05. The van der Waals surface area contributed by atoms with Gasteiger partial charge in [0.05, 0.1) is 5.69 Å². The van der Waals surface area contributed by atoms with Crippen LogP contribution in [0.1, 0.15) is 33.6 Å². The number of nitrogen functional groups attached to an aromatic ring is 1. The summed E-state index contributed by atoms with van der Waals surface area (Å²) in [5, 5.41) is -0.0751. The van der Waals surface area contributed by atoms with E-state index >= 15 is 0 Å². The summed E-state index contributed by atoms with van der Waals surface area (Å²) in [5.41, 5.74) is 2.63. The van der Waals surface area contributed by atoms with Gasteiger partial charge >= 0.3 is 0 Å². The number of nitrogens with zero attached hydrogens (tertiary/aromatic N) is 1.